The molecule has 9 heteroatoms. The van der Waals surface area contributed by atoms with Crippen LogP contribution < -0.4 is 5.73 Å². The van der Waals surface area contributed by atoms with E-state index in [1.165, 1.54) is 19.8 Å². The Kier molecular flexibility index (Phi) is 6.69. The minimum Gasteiger partial charge on any atom is -0.462 e. The Morgan fingerprint density at radius 1 is 1.45 bits per heavy atom. The topological polar surface area (TPSA) is 105 Å². The van der Waals surface area contributed by atoms with Gasteiger partial charge in [-0.25, -0.2) is 4.79 Å². The van der Waals surface area contributed by atoms with E-state index in [2.05, 4.69) is 22.0 Å². The summed E-state index contributed by atoms with van der Waals surface area (Å²) in [7, 11) is 0. The van der Waals surface area contributed by atoms with Crippen LogP contribution in [0.1, 0.15) is 25.3 Å². The molecule has 154 valence electrons. The molecule has 0 radical (unpaired) electrons. The first-order valence-electron chi connectivity index (χ1n) is 8.89. The number of anilines is 1. The average molecular weight is 406 g/mol. The number of nitrogens with two attached hydrogens (primary N) is 1. The number of benzene rings is 1. The Balaban J connectivity index is 0.000000213. The van der Waals surface area contributed by atoms with Crippen LogP contribution in [0.15, 0.2) is 36.5 Å². The molecule has 29 heavy (non-hydrogen) atoms. The Bertz CT molecular complexity index is 982. The van der Waals surface area contributed by atoms with Crippen molar-refractivity contribution in [2.75, 3.05) is 12.3 Å². The zero-order valence-corrected chi connectivity index (χ0v) is 15.8. The van der Waals surface area contributed by atoms with E-state index in [0.29, 0.717) is 5.69 Å². The summed E-state index contributed by atoms with van der Waals surface area (Å²) in [4.78, 5) is 10.7. The molecule has 2 aromatic rings. The molecule has 0 aliphatic heterocycles. The van der Waals surface area contributed by atoms with Crippen LogP contribution in [0, 0.1) is 22.7 Å². The molecule has 1 aromatic heterocycles. The van der Waals surface area contributed by atoms with Gasteiger partial charge in [0.1, 0.15) is 11.8 Å². The molecular weight excluding hydrogens is 385 g/mol. The highest BCUT2D eigenvalue weighted by Gasteiger charge is 2.38. The Morgan fingerprint density at radius 2 is 2.10 bits per heavy atom. The molecule has 1 heterocycles. The molecule has 0 bridgehead atoms. The van der Waals surface area contributed by atoms with Gasteiger partial charge in [-0.15, -0.1) is 0 Å². The summed E-state index contributed by atoms with van der Waals surface area (Å²) in [5.74, 6) is -0.412. The first-order chi connectivity index (χ1) is 13.6. The molecule has 1 aliphatic rings. The molecule has 1 aromatic carbocycles. The van der Waals surface area contributed by atoms with Crippen LogP contribution in [0.4, 0.5) is 18.9 Å². The second kappa shape index (κ2) is 8.82. The largest absolute Gasteiger partial charge is 0.462 e. The number of alkyl halides is 3. The fraction of sp³-hybridized carbons (Fsp3) is 0.350. The number of aromatic nitrogens is 1. The van der Waals surface area contributed by atoms with Crippen LogP contribution in [0.3, 0.4) is 0 Å². The highest BCUT2D eigenvalue weighted by atomic mass is 19.4. The second-order valence-corrected chi connectivity index (χ2v) is 6.60. The predicted molar refractivity (Wildman–Crippen MR) is 103 cm³/mol. The van der Waals surface area contributed by atoms with Crippen molar-refractivity contribution >= 4 is 28.3 Å². The molecule has 0 spiro atoms. The Morgan fingerprint density at radius 3 is 2.62 bits per heavy atom. The van der Waals surface area contributed by atoms with Crippen molar-refractivity contribution in [3.8, 4) is 6.07 Å². The van der Waals surface area contributed by atoms with Gasteiger partial charge in [-0.05, 0) is 43.9 Å². The van der Waals surface area contributed by atoms with Gasteiger partial charge in [-0.2, -0.15) is 18.4 Å². The summed E-state index contributed by atoms with van der Waals surface area (Å²) in [5.41, 5.74) is 5.57. The van der Waals surface area contributed by atoms with E-state index in [1.54, 1.807) is 0 Å². The Hall–Kier alpha value is -3.28. The number of esters is 1. The summed E-state index contributed by atoms with van der Waals surface area (Å²) in [6, 6.07) is 8.02. The summed E-state index contributed by atoms with van der Waals surface area (Å²) >= 11 is 0. The molecule has 3 rings (SSSR count). The number of fused-ring (bicyclic) bond motifs is 1. The number of halogens is 3. The van der Waals surface area contributed by atoms with Crippen molar-refractivity contribution in [1.29, 1.82) is 10.7 Å². The SMILES string of the molecule is C=C(C(=N)C(F)(F)F)C(=O)OCC.N#Cc1cn(CC2CC2)c2ccc(N)cc12. The molecular formula is C20H21F3N4O2. The molecule has 0 atom stereocenters. The fourth-order valence-corrected chi connectivity index (χ4v) is 2.62. The maximum atomic E-state index is 11.8. The van der Waals surface area contributed by atoms with Crippen molar-refractivity contribution in [3.63, 3.8) is 0 Å². The fourth-order valence-electron chi connectivity index (χ4n) is 2.62. The van der Waals surface area contributed by atoms with Crippen LogP contribution in [0.25, 0.3) is 10.9 Å². The van der Waals surface area contributed by atoms with E-state index >= 15 is 0 Å². The van der Waals surface area contributed by atoms with Gasteiger partial charge in [-0.1, -0.05) is 6.58 Å². The summed E-state index contributed by atoms with van der Waals surface area (Å²) in [5, 5.41) is 16.6. The van der Waals surface area contributed by atoms with E-state index in [-0.39, 0.29) is 6.61 Å². The van der Waals surface area contributed by atoms with Gasteiger partial charge in [-0.3, -0.25) is 5.41 Å². The van der Waals surface area contributed by atoms with Crippen molar-refractivity contribution in [3.05, 3.63) is 42.1 Å². The van der Waals surface area contributed by atoms with Gasteiger partial charge < -0.3 is 15.0 Å². The maximum absolute atomic E-state index is 11.8. The Labute approximate surface area is 165 Å². The van der Waals surface area contributed by atoms with E-state index in [1.807, 2.05) is 24.4 Å². The smallest absolute Gasteiger partial charge is 0.433 e. The van der Waals surface area contributed by atoms with Gasteiger partial charge in [0.25, 0.3) is 0 Å². The monoisotopic (exact) mass is 406 g/mol. The number of nitrogens with zero attached hydrogens (tertiary/aromatic N) is 2. The quantitative estimate of drug-likeness (QED) is 0.336. The molecule has 0 saturated heterocycles. The number of nitriles is 1. The lowest BCUT2D eigenvalue weighted by Crippen LogP contribution is -2.27. The lowest BCUT2D eigenvalue weighted by Gasteiger charge is -2.09. The third-order valence-corrected chi connectivity index (χ3v) is 4.28. The number of carbonyl (C=O) groups excluding carboxylic acids is 1. The predicted octanol–water partition coefficient (Wildman–Crippen LogP) is 4.19. The molecule has 0 amide bonds. The highest BCUT2D eigenvalue weighted by molar-refractivity contribution is 6.20. The third-order valence-electron chi connectivity index (χ3n) is 4.28. The first kappa shape index (κ1) is 22.0. The first-order valence-corrected chi connectivity index (χ1v) is 8.89. The van der Waals surface area contributed by atoms with E-state index in [0.717, 1.165) is 28.9 Å². The molecule has 0 unspecified atom stereocenters. The summed E-state index contributed by atoms with van der Waals surface area (Å²) < 4.78 is 41.8. The molecule has 6 nitrogen and oxygen atoms in total. The third kappa shape index (κ3) is 5.60. The lowest BCUT2D eigenvalue weighted by molar-refractivity contribution is -0.138. The van der Waals surface area contributed by atoms with Gasteiger partial charge in [0.15, 0.2) is 0 Å². The zero-order valence-electron chi connectivity index (χ0n) is 15.8. The number of ether oxygens (including phenoxy) is 1. The average Bonchev–Trinajstić information content (AvgIpc) is 3.41. The molecule has 1 aliphatic carbocycles. The maximum Gasteiger partial charge on any atom is 0.433 e. The molecule has 3 N–H and O–H groups in total. The number of carbonyl (C=O) groups is 1. The van der Waals surface area contributed by atoms with Crippen LogP contribution in [-0.4, -0.2) is 29.0 Å². The number of nitrogen functional groups attached to an aromatic ring is 1. The molecule has 1 saturated carbocycles. The van der Waals surface area contributed by atoms with Crippen molar-refractivity contribution < 1.29 is 22.7 Å². The zero-order chi connectivity index (χ0) is 21.8. The standard InChI is InChI=1S/C13H13N3.C7H8F3NO2/c14-6-10-8-16(7-9-1-2-9)13-4-3-11(15)5-12(10)13;1-3-13-6(12)4(2)5(11)7(8,9)10/h3-5,8-9H,1-2,7,15H2;11H,2-3H2,1H3. The van der Waals surface area contributed by atoms with Gasteiger partial charge in [0, 0.05) is 29.3 Å². The van der Waals surface area contributed by atoms with Crippen LogP contribution in [0.5, 0.6) is 0 Å². The highest BCUT2D eigenvalue weighted by Crippen LogP contribution is 2.33. The second-order valence-electron chi connectivity index (χ2n) is 6.60. The van der Waals surface area contributed by atoms with Crippen molar-refractivity contribution in [2.24, 2.45) is 5.92 Å². The van der Waals surface area contributed by atoms with Crippen LogP contribution in [-0.2, 0) is 16.1 Å². The minimum atomic E-state index is -4.86. The lowest BCUT2D eigenvalue weighted by atomic mass is 10.2. The van der Waals surface area contributed by atoms with Crippen molar-refractivity contribution in [1.82, 2.24) is 4.57 Å². The van der Waals surface area contributed by atoms with E-state index in [4.69, 9.17) is 16.4 Å². The van der Waals surface area contributed by atoms with E-state index in [9.17, 15) is 18.0 Å². The molecule has 1 fully saturated rings. The number of nitrogens with one attached hydrogen (secondary N) is 1. The number of hydrogen-bond donors (Lipinski definition) is 2. The van der Waals surface area contributed by atoms with E-state index < -0.39 is 23.4 Å². The number of rotatable bonds is 5. The normalized spacial score (nSPS) is 13.2. The summed E-state index contributed by atoms with van der Waals surface area (Å²) in [6.07, 6.45) is -0.278. The number of hydrogen-bond acceptors (Lipinski definition) is 5. The summed E-state index contributed by atoms with van der Waals surface area (Å²) in [6.45, 7) is 5.24. The van der Waals surface area contributed by atoms with Crippen molar-refractivity contribution in [2.45, 2.75) is 32.5 Å². The van der Waals surface area contributed by atoms with Crippen LogP contribution in [0.2, 0.25) is 0 Å². The van der Waals surface area contributed by atoms with Gasteiger partial charge >= 0.3 is 12.1 Å². The van der Waals surface area contributed by atoms with Crippen LogP contribution >= 0.6 is 0 Å². The van der Waals surface area contributed by atoms with Gasteiger partial charge in [0.2, 0.25) is 0 Å². The van der Waals surface area contributed by atoms with Gasteiger partial charge in [0.05, 0.1) is 17.7 Å². The minimum absolute atomic E-state index is 0.0526.